The molecular formula is C16H24N2O4S. The maximum Gasteiger partial charge on any atom is 0.221 e. The van der Waals surface area contributed by atoms with Crippen LogP contribution in [0.3, 0.4) is 0 Å². The molecule has 1 heterocycles. The summed E-state index contributed by atoms with van der Waals surface area (Å²) in [5.41, 5.74) is 1.23. The van der Waals surface area contributed by atoms with Gasteiger partial charge in [-0.2, -0.15) is 4.31 Å². The molecule has 128 valence electrons. The van der Waals surface area contributed by atoms with Crippen LogP contribution in [-0.4, -0.2) is 57.2 Å². The molecule has 0 bridgehead atoms. The van der Waals surface area contributed by atoms with E-state index in [9.17, 15) is 13.2 Å². The number of morpholine rings is 1. The molecule has 1 aliphatic rings. The van der Waals surface area contributed by atoms with Crippen molar-refractivity contribution in [3.05, 3.63) is 35.9 Å². The number of carbonyl (C=O) groups excluding carboxylic acids is 1. The fourth-order valence-electron chi connectivity index (χ4n) is 2.43. The van der Waals surface area contributed by atoms with Crippen molar-refractivity contribution in [1.82, 2.24) is 9.62 Å². The molecule has 0 spiro atoms. The first-order valence-electron chi connectivity index (χ1n) is 7.94. The summed E-state index contributed by atoms with van der Waals surface area (Å²) in [5.74, 6) is -0.354. The van der Waals surface area contributed by atoms with Gasteiger partial charge in [-0.3, -0.25) is 4.79 Å². The number of nitrogens with one attached hydrogen (secondary N) is 1. The lowest BCUT2D eigenvalue weighted by atomic mass is 10.1. The van der Waals surface area contributed by atoms with Crippen LogP contribution in [0.1, 0.15) is 18.4 Å². The second kappa shape index (κ2) is 9.00. The fraction of sp³-hybridized carbons (Fsp3) is 0.562. The zero-order valence-corrected chi connectivity index (χ0v) is 14.1. The van der Waals surface area contributed by atoms with E-state index in [1.165, 1.54) is 9.87 Å². The Morgan fingerprint density at radius 1 is 1.17 bits per heavy atom. The van der Waals surface area contributed by atoms with Crippen molar-refractivity contribution in [2.24, 2.45) is 0 Å². The van der Waals surface area contributed by atoms with E-state index in [0.29, 0.717) is 32.8 Å². The summed E-state index contributed by atoms with van der Waals surface area (Å²) < 4.78 is 30.7. The van der Waals surface area contributed by atoms with E-state index < -0.39 is 10.0 Å². The lowest BCUT2D eigenvalue weighted by Gasteiger charge is -2.25. The molecule has 0 aliphatic carbocycles. The molecule has 0 saturated carbocycles. The number of carbonyl (C=O) groups is 1. The monoisotopic (exact) mass is 340 g/mol. The largest absolute Gasteiger partial charge is 0.379 e. The third-order valence-electron chi connectivity index (χ3n) is 3.76. The van der Waals surface area contributed by atoms with E-state index in [0.717, 1.165) is 12.8 Å². The summed E-state index contributed by atoms with van der Waals surface area (Å²) in [7, 11) is -3.36. The molecule has 1 aromatic rings. The van der Waals surface area contributed by atoms with Crippen LogP contribution in [0, 0.1) is 0 Å². The number of benzene rings is 1. The molecule has 23 heavy (non-hydrogen) atoms. The van der Waals surface area contributed by atoms with Gasteiger partial charge in [0, 0.05) is 26.1 Å². The molecular weight excluding hydrogens is 316 g/mol. The van der Waals surface area contributed by atoms with Gasteiger partial charge in [0.2, 0.25) is 15.9 Å². The normalized spacial score (nSPS) is 16.2. The first kappa shape index (κ1) is 17.9. The van der Waals surface area contributed by atoms with Crippen molar-refractivity contribution >= 4 is 15.9 Å². The molecule has 7 heteroatoms. The molecule has 0 aromatic heterocycles. The standard InChI is InChI=1S/C16H24N2O4S/c19-16(17-9-4-7-15-5-2-1-3-6-15)8-14-23(20,21)18-10-12-22-13-11-18/h1-3,5-6H,4,7-14H2,(H,17,19). The molecule has 0 atom stereocenters. The van der Waals surface area contributed by atoms with Crippen LogP contribution in [0.25, 0.3) is 0 Å². The molecule has 6 nitrogen and oxygen atoms in total. The van der Waals surface area contributed by atoms with Crippen LogP contribution < -0.4 is 5.32 Å². The average molecular weight is 340 g/mol. The van der Waals surface area contributed by atoms with Gasteiger partial charge in [-0.15, -0.1) is 0 Å². The highest BCUT2D eigenvalue weighted by atomic mass is 32.2. The molecule has 1 N–H and O–H groups in total. The molecule has 1 saturated heterocycles. The number of hydrogen-bond donors (Lipinski definition) is 1. The second-order valence-electron chi connectivity index (χ2n) is 5.52. The Kier molecular flexibility index (Phi) is 7.01. The highest BCUT2D eigenvalue weighted by molar-refractivity contribution is 7.89. The van der Waals surface area contributed by atoms with Gasteiger partial charge in [0.1, 0.15) is 0 Å². The van der Waals surface area contributed by atoms with Gasteiger partial charge >= 0.3 is 0 Å². The van der Waals surface area contributed by atoms with Gasteiger partial charge in [0.15, 0.2) is 0 Å². The Labute approximate surface area is 137 Å². The van der Waals surface area contributed by atoms with Crippen LogP contribution in [0.2, 0.25) is 0 Å². The van der Waals surface area contributed by atoms with Crippen LogP contribution in [-0.2, 0) is 26.0 Å². The lowest BCUT2D eigenvalue weighted by Crippen LogP contribution is -2.42. The summed E-state index contributed by atoms with van der Waals surface area (Å²) in [6.45, 7) is 2.16. The number of amides is 1. The quantitative estimate of drug-likeness (QED) is 0.710. The Morgan fingerprint density at radius 2 is 1.87 bits per heavy atom. The first-order chi connectivity index (χ1) is 11.1. The van der Waals surface area contributed by atoms with Gasteiger partial charge in [-0.05, 0) is 18.4 Å². The van der Waals surface area contributed by atoms with Gasteiger partial charge in [0.05, 0.1) is 19.0 Å². The van der Waals surface area contributed by atoms with Crippen LogP contribution in [0.4, 0.5) is 0 Å². The van der Waals surface area contributed by atoms with Crippen molar-refractivity contribution in [2.75, 3.05) is 38.6 Å². The SMILES string of the molecule is O=C(CCS(=O)(=O)N1CCOCC1)NCCCc1ccccc1. The highest BCUT2D eigenvalue weighted by Crippen LogP contribution is 2.07. The minimum Gasteiger partial charge on any atom is -0.379 e. The predicted octanol–water partition coefficient (Wildman–Crippen LogP) is 0.788. The van der Waals surface area contributed by atoms with Gasteiger partial charge in [-0.25, -0.2) is 8.42 Å². The molecule has 1 fully saturated rings. The van der Waals surface area contributed by atoms with E-state index >= 15 is 0 Å². The van der Waals surface area contributed by atoms with Crippen molar-refractivity contribution in [1.29, 1.82) is 0 Å². The number of aryl methyl sites for hydroxylation is 1. The number of ether oxygens (including phenoxy) is 1. The molecule has 2 rings (SSSR count). The Morgan fingerprint density at radius 3 is 2.57 bits per heavy atom. The number of sulfonamides is 1. The Balaban J connectivity index is 1.62. The van der Waals surface area contributed by atoms with Crippen LogP contribution in [0.5, 0.6) is 0 Å². The van der Waals surface area contributed by atoms with E-state index in [-0.39, 0.29) is 18.1 Å². The summed E-state index contributed by atoms with van der Waals surface area (Å²) in [6.07, 6.45) is 1.74. The summed E-state index contributed by atoms with van der Waals surface area (Å²) in [6, 6.07) is 10.1. The van der Waals surface area contributed by atoms with Crippen molar-refractivity contribution in [3.63, 3.8) is 0 Å². The predicted molar refractivity (Wildman–Crippen MR) is 88.6 cm³/mol. The average Bonchev–Trinajstić information content (AvgIpc) is 2.59. The Bertz CT molecular complexity index is 583. The fourth-order valence-corrected chi connectivity index (χ4v) is 3.84. The molecule has 1 aliphatic heterocycles. The third-order valence-corrected chi connectivity index (χ3v) is 5.63. The Hall–Kier alpha value is -1.44. The van der Waals surface area contributed by atoms with E-state index in [4.69, 9.17) is 4.74 Å². The molecule has 0 radical (unpaired) electrons. The van der Waals surface area contributed by atoms with E-state index in [1.54, 1.807) is 0 Å². The maximum atomic E-state index is 12.1. The number of hydrogen-bond acceptors (Lipinski definition) is 4. The van der Waals surface area contributed by atoms with E-state index in [2.05, 4.69) is 17.4 Å². The van der Waals surface area contributed by atoms with Gasteiger partial charge in [-0.1, -0.05) is 30.3 Å². The van der Waals surface area contributed by atoms with Crippen LogP contribution in [0.15, 0.2) is 30.3 Å². The van der Waals surface area contributed by atoms with Gasteiger partial charge < -0.3 is 10.1 Å². The minimum atomic E-state index is -3.36. The second-order valence-corrected chi connectivity index (χ2v) is 7.61. The van der Waals surface area contributed by atoms with Gasteiger partial charge in [0.25, 0.3) is 0 Å². The minimum absolute atomic E-state index is 0.00499. The molecule has 1 amide bonds. The van der Waals surface area contributed by atoms with Crippen LogP contribution >= 0.6 is 0 Å². The maximum absolute atomic E-state index is 12.1. The topological polar surface area (TPSA) is 75.7 Å². The highest BCUT2D eigenvalue weighted by Gasteiger charge is 2.24. The summed E-state index contributed by atoms with van der Waals surface area (Å²) in [4.78, 5) is 11.8. The smallest absolute Gasteiger partial charge is 0.221 e. The van der Waals surface area contributed by atoms with Crippen molar-refractivity contribution in [3.8, 4) is 0 Å². The third kappa shape index (κ3) is 6.29. The van der Waals surface area contributed by atoms with Crippen molar-refractivity contribution < 1.29 is 17.9 Å². The summed E-state index contributed by atoms with van der Waals surface area (Å²) in [5, 5.41) is 2.78. The number of rotatable bonds is 8. The van der Waals surface area contributed by atoms with Crippen molar-refractivity contribution in [2.45, 2.75) is 19.3 Å². The zero-order valence-electron chi connectivity index (χ0n) is 13.2. The first-order valence-corrected chi connectivity index (χ1v) is 9.55. The number of nitrogens with zero attached hydrogens (tertiary/aromatic N) is 1. The molecule has 0 unspecified atom stereocenters. The zero-order chi connectivity index (χ0) is 16.5. The summed E-state index contributed by atoms with van der Waals surface area (Å²) >= 11 is 0. The lowest BCUT2D eigenvalue weighted by molar-refractivity contribution is -0.120. The molecule has 1 aromatic carbocycles. The van der Waals surface area contributed by atoms with E-state index in [1.807, 2.05) is 18.2 Å².